The largest absolute Gasteiger partial charge is 0.373 e. The number of nitriles is 1. The SMILES string of the molecule is Cc1ccc(NC(=O)/C(C#N)=C\N2CCN(c3ncccn3)CC2)cc1. The lowest BCUT2D eigenvalue weighted by Gasteiger charge is -2.34. The topological polar surface area (TPSA) is 85.2 Å². The standard InChI is InChI=1S/C19H20N6O/c1-15-3-5-17(6-4-15)23-18(26)16(13-20)14-24-9-11-25(12-10-24)19-21-7-2-8-22-19/h2-8,14H,9-12H2,1H3,(H,23,26)/b16-14-. The third kappa shape index (κ3) is 4.36. The molecule has 0 atom stereocenters. The van der Waals surface area contributed by atoms with E-state index in [1.807, 2.05) is 42.2 Å². The van der Waals surface area contributed by atoms with Gasteiger partial charge in [0.15, 0.2) is 0 Å². The van der Waals surface area contributed by atoms with Gasteiger partial charge in [0.05, 0.1) is 0 Å². The number of anilines is 2. The second-order valence-electron chi connectivity index (χ2n) is 6.05. The second-order valence-corrected chi connectivity index (χ2v) is 6.05. The fourth-order valence-corrected chi connectivity index (χ4v) is 2.66. The third-order valence-electron chi connectivity index (χ3n) is 4.14. The van der Waals surface area contributed by atoms with Crippen LogP contribution in [-0.4, -0.2) is 47.0 Å². The van der Waals surface area contributed by atoms with Crippen molar-refractivity contribution < 1.29 is 4.79 Å². The van der Waals surface area contributed by atoms with Gasteiger partial charge in [-0.15, -0.1) is 0 Å². The maximum atomic E-state index is 12.3. The highest BCUT2D eigenvalue weighted by Crippen LogP contribution is 2.13. The highest BCUT2D eigenvalue weighted by atomic mass is 16.1. The Labute approximate surface area is 152 Å². The van der Waals surface area contributed by atoms with E-state index >= 15 is 0 Å². The molecule has 0 saturated carbocycles. The van der Waals surface area contributed by atoms with Crippen LogP contribution in [0.1, 0.15) is 5.56 Å². The van der Waals surface area contributed by atoms with E-state index in [1.165, 1.54) is 0 Å². The van der Waals surface area contributed by atoms with Gasteiger partial charge in [0.25, 0.3) is 5.91 Å². The number of aryl methyl sites for hydroxylation is 1. The molecule has 2 heterocycles. The van der Waals surface area contributed by atoms with E-state index in [2.05, 4.69) is 20.2 Å². The van der Waals surface area contributed by atoms with Crippen molar-refractivity contribution in [3.05, 3.63) is 60.1 Å². The van der Waals surface area contributed by atoms with Crippen molar-refractivity contribution in [2.24, 2.45) is 0 Å². The highest BCUT2D eigenvalue weighted by molar-refractivity contribution is 6.06. The minimum atomic E-state index is -0.398. The summed E-state index contributed by atoms with van der Waals surface area (Å²) in [6, 6.07) is 11.2. The first-order chi connectivity index (χ1) is 12.7. The normalized spacial score (nSPS) is 14.7. The molecule has 7 heteroatoms. The van der Waals surface area contributed by atoms with Gasteiger partial charge in [-0.05, 0) is 25.1 Å². The van der Waals surface area contributed by atoms with Crippen LogP contribution in [0, 0.1) is 18.3 Å². The molecular weight excluding hydrogens is 328 g/mol. The molecule has 1 N–H and O–H groups in total. The van der Waals surface area contributed by atoms with Gasteiger partial charge in [-0.25, -0.2) is 9.97 Å². The summed E-state index contributed by atoms with van der Waals surface area (Å²) in [5.41, 5.74) is 1.88. The number of benzene rings is 1. The van der Waals surface area contributed by atoms with E-state index in [0.717, 1.165) is 18.7 Å². The van der Waals surface area contributed by atoms with Crippen LogP contribution in [0.5, 0.6) is 0 Å². The lowest BCUT2D eigenvalue weighted by molar-refractivity contribution is -0.112. The molecule has 7 nitrogen and oxygen atoms in total. The average molecular weight is 348 g/mol. The van der Waals surface area contributed by atoms with Crippen molar-refractivity contribution in [2.75, 3.05) is 36.4 Å². The zero-order valence-corrected chi connectivity index (χ0v) is 14.6. The monoisotopic (exact) mass is 348 g/mol. The van der Waals surface area contributed by atoms with Gasteiger partial charge >= 0.3 is 0 Å². The molecule has 0 unspecified atom stereocenters. The molecule has 3 rings (SSSR count). The summed E-state index contributed by atoms with van der Waals surface area (Å²) in [4.78, 5) is 24.9. The minimum absolute atomic E-state index is 0.0926. The molecule has 132 valence electrons. The molecule has 1 amide bonds. The Kier molecular flexibility index (Phi) is 5.44. The van der Waals surface area contributed by atoms with E-state index < -0.39 is 5.91 Å². The molecule has 1 aromatic heterocycles. The van der Waals surface area contributed by atoms with Gasteiger partial charge < -0.3 is 15.1 Å². The number of aromatic nitrogens is 2. The summed E-state index contributed by atoms with van der Waals surface area (Å²) >= 11 is 0. The number of amides is 1. The molecule has 1 aromatic carbocycles. The molecule has 1 aliphatic rings. The number of rotatable bonds is 4. The Morgan fingerprint density at radius 3 is 2.42 bits per heavy atom. The first-order valence-electron chi connectivity index (χ1n) is 8.41. The van der Waals surface area contributed by atoms with Crippen LogP contribution in [-0.2, 0) is 4.79 Å². The molecule has 0 bridgehead atoms. The number of carbonyl (C=O) groups is 1. The number of hydrogen-bond donors (Lipinski definition) is 1. The Bertz CT molecular complexity index is 817. The number of nitrogens with one attached hydrogen (secondary N) is 1. The van der Waals surface area contributed by atoms with Crippen molar-refractivity contribution in [2.45, 2.75) is 6.92 Å². The van der Waals surface area contributed by atoms with E-state index in [1.54, 1.807) is 24.7 Å². The van der Waals surface area contributed by atoms with Gasteiger partial charge in [-0.1, -0.05) is 17.7 Å². The highest BCUT2D eigenvalue weighted by Gasteiger charge is 2.19. The summed E-state index contributed by atoms with van der Waals surface area (Å²) in [6.45, 7) is 4.84. The van der Waals surface area contributed by atoms with E-state index in [9.17, 15) is 10.1 Å². The van der Waals surface area contributed by atoms with Crippen molar-refractivity contribution in [3.8, 4) is 6.07 Å². The first-order valence-corrected chi connectivity index (χ1v) is 8.41. The maximum absolute atomic E-state index is 12.3. The van der Waals surface area contributed by atoms with Crippen molar-refractivity contribution in [1.82, 2.24) is 14.9 Å². The van der Waals surface area contributed by atoms with Crippen LogP contribution in [0.25, 0.3) is 0 Å². The van der Waals surface area contributed by atoms with Crippen LogP contribution in [0.4, 0.5) is 11.6 Å². The lowest BCUT2D eigenvalue weighted by atomic mass is 10.2. The molecular formula is C19H20N6O. The van der Waals surface area contributed by atoms with Gasteiger partial charge in [-0.3, -0.25) is 4.79 Å². The molecule has 1 fully saturated rings. The van der Waals surface area contributed by atoms with Crippen molar-refractivity contribution >= 4 is 17.5 Å². The zero-order valence-electron chi connectivity index (χ0n) is 14.6. The molecule has 1 saturated heterocycles. The van der Waals surface area contributed by atoms with Crippen molar-refractivity contribution in [3.63, 3.8) is 0 Å². The van der Waals surface area contributed by atoms with Gasteiger partial charge in [0, 0.05) is 50.5 Å². The Morgan fingerprint density at radius 2 is 1.81 bits per heavy atom. The first kappa shape index (κ1) is 17.4. The van der Waals surface area contributed by atoms with Gasteiger partial charge in [0.1, 0.15) is 11.6 Å². The quantitative estimate of drug-likeness (QED) is 0.671. The van der Waals surface area contributed by atoms with E-state index in [-0.39, 0.29) is 5.57 Å². The van der Waals surface area contributed by atoms with Crippen LogP contribution in [0.15, 0.2) is 54.5 Å². The summed E-state index contributed by atoms with van der Waals surface area (Å²) in [5, 5.41) is 12.1. The average Bonchev–Trinajstić information content (AvgIpc) is 2.69. The fourth-order valence-electron chi connectivity index (χ4n) is 2.66. The van der Waals surface area contributed by atoms with Gasteiger partial charge in [-0.2, -0.15) is 5.26 Å². The van der Waals surface area contributed by atoms with E-state index in [0.29, 0.717) is 24.7 Å². The molecule has 0 radical (unpaired) electrons. The third-order valence-corrected chi connectivity index (χ3v) is 4.14. The summed E-state index contributed by atoms with van der Waals surface area (Å²) in [7, 11) is 0. The minimum Gasteiger partial charge on any atom is -0.373 e. The molecule has 0 spiro atoms. The summed E-state index contributed by atoms with van der Waals surface area (Å²) in [6.07, 6.45) is 5.07. The van der Waals surface area contributed by atoms with Crippen LogP contribution in [0.3, 0.4) is 0 Å². The number of piperazine rings is 1. The number of hydrogen-bond acceptors (Lipinski definition) is 6. The number of carbonyl (C=O) groups excluding carboxylic acids is 1. The molecule has 1 aliphatic heterocycles. The van der Waals surface area contributed by atoms with Crippen LogP contribution >= 0.6 is 0 Å². The van der Waals surface area contributed by atoms with Crippen molar-refractivity contribution in [1.29, 1.82) is 5.26 Å². The van der Waals surface area contributed by atoms with Crippen LogP contribution in [0.2, 0.25) is 0 Å². The second kappa shape index (κ2) is 8.12. The van der Waals surface area contributed by atoms with E-state index in [4.69, 9.17) is 0 Å². The Morgan fingerprint density at radius 1 is 1.15 bits per heavy atom. The summed E-state index contributed by atoms with van der Waals surface area (Å²) in [5.74, 6) is 0.305. The maximum Gasteiger partial charge on any atom is 0.267 e. The fraction of sp³-hybridized carbons (Fsp3) is 0.263. The molecule has 26 heavy (non-hydrogen) atoms. The van der Waals surface area contributed by atoms with Crippen LogP contribution < -0.4 is 10.2 Å². The molecule has 0 aliphatic carbocycles. The summed E-state index contributed by atoms with van der Waals surface area (Å²) < 4.78 is 0. The van der Waals surface area contributed by atoms with Gasteiger partial charge in [0.2, 0.25) is 5.95 Å². The Hall–Kier alpha value is -3.40. The Balaban J connectivity index is 1.60. The predicted molar refractivity (Wildman–Crippen MR) is 99.3 cm³/mol. The zero-order chi connectivity index (χ0) is 18.4. The molecule has 2 aromatic rings. The number of nitrogens with zero attached hydrogens (tertiary/aromatic N) is 5. The lowest BCUT2D eigenvalue weighted by Crippen LogP contribution is -2.45. The predicted octanol–water partition coefficient (Wildman–Crippen LogP) is 1.95. The smallest absolute Gasteiger partial charge is 0.267 e.